The molecular formula is C12H16O6S. The van der Waals surface area contributed by atoms with Crippen molar-refractivity contribution >= 4 is 16.1 Å². The van der Waals surface area contributed by atoms with E-state index in [1.165, 1.54) is 13.2 Å². The largest absolute Gasteiger partial charge is 0.467 e. The van der Waals surface area contributed by atoms with Crippen molar-refractivity contribution in [2.45, 2.75) is 11.8 Å². The minimum Gasteiger partial charge on any atom is -0.467 e. The van der Waals surface area contributed by atoms with Gasteiger partial charge >= 0.3 is 5.97 Å². The molecular weight excluding hydrogens is 272 g/mol. The van der Waals surface area contributed by atoms with E-state index in [4.69, 9.17) is 8.92 Å². The highest BCUT2D eigenvalue weighted by Crippen LogP contribution is 2.16. The van der Waals surface area contributed by atoms with Gasteiger partial charge in [0.1, 0.15) is 6.61 Å². The van der Waals surface area contributed by atoms with Crippen LogP contribution in [-0.2, 0) is 28.6 Å². The van der Waals surface area contributed by atoms with Gasteiger partial charge in [-0.1, -0.05) is 18.2 Å². The van der Waals surface area contributed by atoms with Gasteiger partial charge < -0.3 is 9.47 Å². The van der Waals surface area contributed by atoms with Crippen molar-refractivity contribution in [2.75, 3.05) is 26.9 Å². The van der Waals surface area contributed by atoms with Gasteiger partial charge in [0.15, 0.2) is 0 Å². The summed E-state index contributed by atoms with van der Waals surface area (Å²) in [5.41, 5.74) is 0.609. The Bertz CT molecular complexity index is 523. The topological polar surface area (TPSA) is 78.9 Å². The van der Waals surface area contributed by atoms with Crippen LogP contribution < -0.4 is 0 Å². The van der Waals surface area contributed by atoms with E-state index >= 15 is 0 Å². The lowest BCUT2D eigenvalue weighted by Gasteiger charge is -2.08. The van der Waals surface area contributed by atoms with Gasteiger partial charge in [-0.05, 0) is 18.6 Å². The fourth-order valence-electron chi connectivity index (χ4n) is 1.32. The Labute approximate surface area is 112 Å². The molecule has 0 aromatic heterocycles. The summed E-state index contributed by atoms with van der Waals surface area (Å²) >= 11 is 0. The molecule has 0 aliphatic rings. The van der Waals surface area contributed by atoms with E-state index in [1.54, 1.807) is 25.1 Å². The molecule has 1 rings (SSSR count). The highest BCUT2D eigenvalue weighted by Gasteiger charge is 2.17. The van der Waals surface area contributed by atoms with Crippen LogP contribution in [0, 0.1) is 6.92 Å². The molecule has 106 valence electrons. The van der Waals surface area contributed by atoms with Gasteiger partial charge in [-0.3, -0.25) is 4.18 Å². The molecule has 0 unspecified atom stereocenters. The summed E-state index contributed by atoms with van der Waals surface area (Å²) in [5.74, 6) is -0.526. The molecule has 0 fully saturated rings. The summed E-state index contributed by atoms with van der Waals surface area (Å²) < 4.78 is 37.7. The number of hydrogen-bond donors (Lipinski definition) is 0. The smallest absolute Gasteiger partial charge is 0.331 e. The fourth-order valence-corrected chi connectivity index (χ4v) is 2.44. The fraction of sp³-hybridized carbons (Fsp3) is 0.417. The van der Waals surface area contributed by atoms with Gasteiger partial charge in [-0.2, -0.15) is 8.42 Å². The van der Waals surface area contributed by atoms with Crippen molar-refractivity contribution in [1.82, 2.24) is 0 Å². The molecule has 0 bridgehead atoms. The maximum atomic E-state index is 11.8. The van der Waals surface area contributed by atoms with Crippen LogP contribution in [0.1, 0.15) is 5.56 Å². The number of methoxy groups -OCH3 is 1. The predicted octanol–water partition coefficient (Wildman–Crippen LogP) is 0.890. The Morgan fingerprint density at radius 1 is 1.21 bits per heavy atom. The predicted molar refractivity (Wildman–Crippen MR) is 67.2 cm³/mol. The van der Waals surface area contributed by atoms with E-state index in [-0.39, 0.29) is 24.7 Å². The van der Waals surface area contributed by atoms with Crippen LogP contribution in [0.25, 0.3) is 0 Å². The normalized spacial score (nSPS) is 11.3. The SMILES string of the molecule is COC(=O)COCCOS(=O)(=O)c1ccccc1C. The molecule has 0 saturated carbocycles. The van der Waals surface area contributed by atoms with Crippen molar-refractivity contribution in [3.63, 3.8) is 0 Å². The molecule has 0 saturated heterocycles. The summed E-state index contributed by atoms with van der Waals surface area (Å²) in [5, 5.41) is 0. The number of rotatable bonds is 7. The summed E-state index contributed by atoms with van der Waals surface area (Å²) in [6, 6.07) is 6.52. The summed E-state index contributed by atoms with van der Waals surface area (Å²) in [6.45, 7) is 1.28. The lowest BCUT2D eigenvalue weighted by Crippen LogP contribution is -2.16. The highest BCUT2D eigenvalue weighted by atomic mass is 32.2. The Balaban J connectivity index is 2.44. The van der Waals surface area contributed by atoms with Crippen molar-refractivity contribution < 1.29 is 26.9 Å². The first-order valence-corrected chi connectivity index (χ1v) is 6.98. The van der Waals surface area contributed by atoms with Gasteiger partial charge in [-0.25, -0.2) is 4.79 Å². The first-order valence-electron chi connectivity index (χ1n) is 5.57. The molecule has 7 heteroatoms. The van der Waals surface area contributed by atoms with E-state index in [2.05, 4.69) is 4.74 Å². The zero-order valence-corrected chi connectivity index (χ0v) is 11.6. The minimum atomic E-state index is -3.79. The maximum Gasteiger partial charge on any atom is 0.331 e. The lowest BCUT2D eigenvalue weighted by atomic mass is 10.2. The van der Waals surface area contributed by atoms with Crippen LogP contribution >= 0.6 is 0 Å². The molecule has 0 spiro atoms. The van der Waals surface area contributed by atoms with Crippen molar-refractivity contribution in [3.8, 4) is 0 Å². The summed E-state index contributed by atoms with van der Waals surface area (Å²) in [6.07, 6.45) is 0. The number of esters is 1. The molecule has 0 amide bonds. The van der Waals surface area contributed by atoms with Crippen molar-refractivity contribution in [3.05, 3.63) is 29.8 Å². The molecule has 1 aromatic carbocycles. The zero-order chi connectivity index (χ0) is 14.3. The quantitative estimate of drug-likeness (QED) is 0.421. The average molecular weight is 288 g/mol. The Hall–Kier alpha value is -1.44. The second-order valence-corrected chi connectivity index (χ2v) is 5.25. The van der Waals surface area contributed by atoms with Crippen molar-refractivity contribution in [2.24, 2.45) is 0 Å². The van der Waals surface area contributed by atoms with Gasteiger partial charge in [0.05, 0.1) is 25.2 Å². The van der Waals surface area contributed by atoms with E-state index in [9.17, 15) is 13.2 Å². The van der Waals surface area contributed by atoms with Crippen LogP contribution in [0.2, 0.25) is 0 Å². The van der Waals surface area contributed by atoms with E-state index in [0.29, 0.717) is 5.56 Å². The molecule has 0 atom stereocenters. The van der Waals surface area contributed by atoms with Crippen LogP contribution in [0.3, 0.4) is 0 Å². The number of hydrogen-bond acceptors (Lipinski definition) is 6. The maximum absolute atomic E-state index is 11.8. The third-order valence-electron chi connectivity index (χ3n) is 2.28. The van der Waals surface area contributed by atoms with Gasteiger partial charge in [-0.15, -0.1) is 0 Å². The molecule has 0 aliphatic carbocycles. The average Bonchev–Trinajstić information content (AvgIpc) is 2.38. The molecule has 19 heavy (non-hydrogen) atoms. The second kappa shape index (κ2) is 7.22. The van der Waals surface area contributed by atoms with Gasteiger partial charge in [0, 0.05) is 0 Å². The molecule has 0 radical (unpaired) electrons. The molecule has 0 N–H and O–H groups in total. The highest BCUT2D eigenvalue weighted by molar-refractivity contribution is 7.86. The minimum absolute atomic E-state index is 0.0137. The second-order valence-electron chi connectivity index (χ2n) is 3.67. The lowest BCUT2D eigenvalue weighted by molar-refractivity contribution is -0.146. The monoisotopic (exact) mass is 288 g/mol. The van der Waals surface area contributed by atoms with Gasteiger partial charge in [0.25, 0.3) is 10.1 Å². The third-order valence-corrected chi connectivity index (χ3v) is 3.75. The Morgan fingerprint density at radius 3 is 2.53 bits per heavy atom. The van der Waals surface area contributed by atoms with Crippen LogP contribution in [0.5, 0.6) is 0 Å². The number of ether oxygens (including phenoxy) is 2. The first kappa shape index (κ1) is 15.6. The molecule has 6 nitrogen and oxygen atoms in total. The molecule has 1 aromatic rings. The number of carbonyl (C=O) groups is 1. The number of carbonyl (C=O) groups excluding carboxylic acids is 1. The van der Waals surface area contributed by atoms with Crippen LogP contribution in [0.15, 0.2) is 29.2 Å². The van der Waals surface area contributed by atoms with E-state index in [0.717, 1.165) is 0 Å². The van der Waals surface area contributed by atoms with E-state index in [1.807, 2.05) is 0 Å². The number of benzene rings is 1. The summed E-state index contributed by atoms with van der Waals surface area (Å²) in [7, 11) is -2.55. The third kappa shape index (κ3) is 4.98. The standard InChI is InChI=1S/C12H16O6S/c1-10-5-3-4-6-11(10)19(14,15)18-8-7-17-9-12(13)16-2/h3-6H,7-9H2,1-2H3. The number of aryl methyl sites for hydroxylation is 1. The first-order chi connectivity index (χ1) is 8.97. The molecule has 0 aliphatic heterocycles. The molecule has 0 heterocycles. The van der Waals surface area contributed by atoms with Gasteiger partial charge in [0.2, 0.25) is 0 Å². The van der Waals surface area contributed by atoms with E-state index < -0.39 is 16.1 Å². The Kier molecular flexibility index (Phi) is 5.94. The Morgan fingerprint density at radius 2 is 1.89 bits per heavy atom. The summed E-state index contributed by atoms with van der Waals surface area (Å²) in [4.78, 5) is 10.9. The zero-order valence-electron chi connectivity index (χ0n) is 10.8. The van der Waals surface area contributed by atoms with Crippen molar-refractivity contribution in [1.29, 1.82) is 0 Å². The van der Waals surface area contributed by atoms with Crippen LogP contribution in [0.4, 0.5) is 0 Å². The van der Waals surface area contributed by atoms with Crippen LogP contribution in [-0.4, -0.2) is 41.3 Å².